The second kappa shape index (κ2) is 5.84. The van der Waals surface area contributed by atoms with E-state index in [-0.39, 0.29) is 0 Å². The summed E-state index contributed by atoms with van der Waals surface area (Å²) in [6.07, 6.45) is 4.77. The Morgan fingerprint density at radius 2 is 2.50 bits per heavy atom. The summed E-state index contributed by atoms with van der Waals surface area (Å²) < 4.78 is 0. The average molecular weight is 188 g/mol. The lowest BCUT2D eigenvalue weighted by molar-refractivity contribution is 0.535. The maximum atomic E-state index is 3.57. The summed E-state index contributed by atoms with van der Waals surface area (Å²) in [6, 6.07) is 0.735. The zero-order chi connectivity index (χ0) is 8.81. The van der Waals surface area contributed by atoms with Crippen molar-refractivity contribution >= 4 is 11.8 Å². The Balaban J connectivity index is 1.94. The first-order chi connectivity index (χ1) is 5.83. The Morgan fingerprint density at radius 3 is 3.08 bits per heavy atom. The SMILES string of the molecule is CSC(C)CCNC1CCNC1. The molecule has 1 saturated heterocycles. The summed E-state index contributed by atoms with van der Waals surface area (Å²) in [6.45, 7) is 5.82. The standard InChI is InChI=1S/C9H20N2S/c1-8(12-2)3-6-11-9-4-5-10-7-9/h8-11H,3-7H2,1-2H3. The Hall–Kier alpha value is 0.270. The van der Waals surface area contributed by atoms with E-state index >= 15 is 0 Å². The zero-order valence-electron chi connectivity index (χ0n) is 8.10. The molecule has 0 radical (unpaired) electrons. The van der Waals surface area contributed by atoms with Gasteiger partial charge in [-0.25, -0.2) is 0 Å². The predicted molar refractivity (Wildman–Crippen MR) is 56.9 cm³/mol. The van der Waals surface area contributed by atoms with Crippen LogP contribution in [0.2, 0.25) is 0 Å². The molecule has 1 aliphatic rings. The molecule has 0 aromatic heterocycles. The van der Waals surface area contributed by atoms with Gasteiger partial charge in [0.05, 0.1) is 0 Å². The van der Waals surface area contributed by atoms with Crippen LogP contribution in [-0.2, 0) is 0 Å². The normalized spacial score (nSPS) is 26.0. The number of rotatable bonds is 5. The van der Waals surface area contributed by atoms with Crippen LogP contribution in [0.1, 0.15) is 19.8 Å². The van der Waals surface area contributed by atoms with E-state index in [9.17, 15) is 0 Å². The molecule has 0 aliphatic carbocycles. The molecule has 0 aromatic rings. The van der Waals surface area contributed by atoms with Crippen molar-refractivity contribution in [3.63, 3.8) is 0 Å². The summed E-state index contributed by atoms with van der Waals surface area (Å²) in [5.74, 6) is 0. The van der Waals surface area contributed by atoms with Crippen LogP contribution in [0.25, 0.3) is 0 Å². The van der Waals surface area contributed by atoms with Crippen molar-refractivity contribution < 1.29 is 0 Å². The van der Waals surface area contributed by atoms with Crippen LogP contribution in [0.15, 0.2) is 0 Å². The summed E-state index contributed by atoms with van der Waals surface area (Å²) in [5, 5.41) is 7.73. The maximum absolute atomic E-state index is 3.57. The Morgan fingerprint density at radius 1 is 1.67 bits per heavy atom. The van der Waals surface area contributed by atoms with Crippen LogP contribution in [0, 0.1) is 0 Å². The molecule has 72 valence electrons. The van der Waals surface area contributed by atoms with E-state index in [1.807, 2.05) is 11.8 Å². The fourth-order valence-electron chi connectivity index (χ4n) is 1.44. The van der Waals surface area contributed by atoms with Gasteiger partial charge in [-0.05, 0) is 32.2 Å². The summed E-state index contributed by atoms with van der Waals surface area (Å²) in [5.41, 5.74) is 0. The minimum Gasteiger partial charge on any atom is -0.315 e. The molecule has 2 unspecified atom stereocenters. The summed E-state index contributed by atoms with van der Waals surface area (Å²) >= 11 is 1.95. The smallest absolute Gasteiger partial charge is 0.0204 e. The molecule has 2 atom stereocenters. The molecule has 0 bridgehead atoms. The largest absolute Gasteiger partial charge is 0.315 e. The van der Waals surface area contributed by atoms with Gasteiger partial charge in [0.15, 0.2) is 0 Å². The fraction of sp³-hybridized carbons (Fsp3) is 1.00. The highest BCUT2D eigenvalue weighted by molar-refractivity contribution is 7.99. The van der Waals surface area contributed by atoms with E-state index in [1.165, 1.54) is 25.9 Å². The van der Waals surface area contributed by atoms with Crippen molar-refractivity contribution in [2.45, 2.75) is 31.1 Å². The van der Waals surface area contributed by atoms with Gasteiger partial charge in [-0.2, -0.15) is 11.8 Å². The number of nitrogens with one attached hydrogen (secondary N) is 2. The zero-order valence-corrected chi connectivity index (χ0v) is 8.91. The Bertz CT molecular complexity index is 113. The van der Waals surface area contributed by atoms with Crippen molar-refractivity contribution in [1.82, 2.24) is 10.6 Å². The lowest BCUT2D eigenvalue weighted by Gasteiger charge is -2.13. The second-order valence-electron chi connectivity index (χ2n) is 3.48. The van der Waals surface area contributed by atoms with Gasteiger partial charge in [0.1, 0.15) is 0 Å². The van der Waals surface area contributed by atoms with E-state index < -0.39 is 0 Å². The highest BCUT2D eigenvalue weighted by Gasteiger charge is 2.12. The second-order valence-corrected chi connectivity index (χ2v) is 4.75. The first-order valence-electron chi connectivity index (χ1n) is 4.80. The molecule has 1 aliphatic heterocycles. The van der Waals surface area contributed by atoms with Crippen molar-refractivity contribution in [3.05, 3.63) is 0 Å². The van der Waals surface area contributed by atoms with Crippen molar-refractivity contribution in [1.29, 1.82) is 0 Å². The van der Waals surface area contributed by atoms with Crippen LogP contribution in [0.4, 0.5) is 0 Å². The fourth-order valence-corrected chi connectivity index (χ4v) is 1.79. The molecule has 1 rings (SSSR count). The van der Waals surface area contributed by atoms with Gasteiger partial charge < -0.3 is 10.6 Å². The maximum Gasteiger partial charge on any atom is 0.0204 e. The molecule has 12 heavy (non-hydrogen) atoms. The van der Waals surface area contributed by atoms with Crippen LogP contribution < -0.4 is 10.6 Å². The topological polar surface area (TPSA) is 24.1 Å². The third-order valence-electron chi connectivity index (χ3n) is 2.45. The first-order valence-corrected chi connectivity index (χ1v) is 6.08. The van der Waals surface area contributed by atoms with Crippen LogP contribution in [0.3, 0.4) is 0 Å². The molecule has 0 spiro atoms. The molecule has 0 saturated carbocycles. The van der Waals surface area contributed by atoms with Gasteiger partial charge in [0, 0.05) is 17.8 Å². The lowest BCUT2D eigenvalue weighted by Crippen LogP contribution is -2.32. The number of hydrogen-bond acceptors (Lipinski definition) is 3. The molecule has 0 aromatic carbocycles. The highest BCUT2D eigenvalue weighted by atomic mass is 32.2. The van der Waals surface area contributed by atoms with Crippen LogP contribution in [-0.4, -0.2) is 37.2 Å². The molecule has 1 fully saturated rings. The number of thioether (sulfide) groups is 1. The van der Waals surface area contributed by atoms with Gasteiger partial charge in [-0.1, -0.05) is 6.92 Å². The van der Waals surface area contributed by atoms with Crippen LogP contribution in [0.5, 0.6) is 0 Å². The molecule has 0 amide bonds. The highest BCUT2D eigenvalue weighted by Crippen LogP contribution is 2.08. The molecule has 2 nitrogen and oxygen atoms in total. The molecule has 2 N–H and O–H groups in total. The van der Waals surface area contributed by atoms with Gasteiger partial charge in [0.25, 0.3) is 0 Å². The predicted octanol–water partition coefficient (Wildman–Crippen LogP) is 1.08. The molecule has 1 heterocycles. The minimum atomic E-state index is 0.735. The van der Waals surface area contributed by atoms with Crippen LogP contribution >= 0.6 is 11.8 Å². The van der Waals surface area contributed by atoms with Gasteiger partial charge in [0.2, 0.25) is 0 Å². The quantitative estimate of drug-likeness (QED) is 0.675. The summed E-state index contributed by atoms with van der Waals surface area (Å²) in [4.78, 5) is 0. The van der Waals surface area contributed by atoms with E-state index in [1.54, 1.807) is 0 Å². The number of hydrogen-bond donors (Lipinski definition) is 2. The van der Waals surface area contributed by atoms with Gasteiger partial charge in [-0.15, -0.1) is 0 Å². The average Bonchev–Trinajstić information content (AvgIpc) is 2.57. The van der Waals surface area contributed by atoms with E-state index in [2.05, 4.69) is 23.8 Å². The van der Waals surface area contributed by atoms with Gasteiger partial charge in [-0.3, -0.25) is 0 Å². The minimum absolute atomic E-state index is 0.735. The summed E-state index contributed by atoms with van der Waals surface area (Å²) in [7, 11) is 0. The van der Waals surface area contributed by atoms with E-state index in [4.69, 9.17) is 0 Å². The molecule has 3 heteroatoms. The molecular formula is C9H20N2S. The third kappa shape index (κ3) is 3.78. The van der Waals surface area contributed by atoms with E-state index in [0.717, 1.165) is 17.8 Å². The van der Waals surface area contributed by atoms with Crippen molar-refractivity contribution in [3.8, 4) is 0 Å². The van der Waals surface area contributed by atoms with E-state index in [0.29, 0.717) is 0 Å². The lowest BCUT2D eigenvalue weighted by atomic mass is 10.2. The third-order valence-corrected chi connectivity index (χ3v) is 3.49. The van der Waals surface area contributed by atoms with Crippen molar-refractivity contribution in [2.75, 3.05) is 25.9 Å². The van der Waals surface area contributed by atoms with Gasteiger partial charge >= 0.3 is 0 Å². The first kappa shape index (κ1) is 10.4. The van der Waals surface area contributed by atoms with Crippen molar-refractivity contribution in [2.24, 2.45) is 0 Å². The Labute approximate surface area is 79.9 Å². The monoisotopic (exact) mass is 188 g/mol. The molecular weight excluding hydrogens is 168 g/mol. The Kier molecular flexibility index (Phi) is 5.04.